The van der Waals surface area contributed by atoms with Gasteiger partial charge in [0.1, 0.15) is 6.54 Å². The molecule has 174 valence electrons. The number of hydrogen-bond donors (Lipinski definition) is 0. The lowest BCUT2D eigenvalue weighted by Gasteiger charge is -2.56. The van der Waals surface area contributed by atoms with E-state index in [9.17, 15) is 9.59 Å². The van der Waals surface area contributed by atoms with Crippen molar-refractivity contribution in [3.8, 4) is 0 Å². The van der Waals surface area contributed by atoms with Gasteiger partial charge < -0.3 is 9.80 Å². The minimum absolute atomic E-state index is 0.0808. The van der Waals surface area contributed by atoms with E-state index >= 15 is 0 Å². The Kier molecular flexibility index (Phi) is 5.56. The van der Waals surface area contributed by atoms with Crippen LogP contribution in [0.5, 0.6) is 0 Å². The first-order chi connectivity index (χ1) is 16.1. The summed E-state index contributed by atoms with van der Waals surface area (Å²) in [5.41, 5.74) is 0.961. The minimum Gasteiger partial charge on any atom is -0.332 e. The molecule has 0 saturated heterocycles. The maximum atomic E-state index is 14.1. The summed E-state index contributed by atoms with van der Waals surface area (Å²) in [5.74, 6) is 2.62. The van der Waals surface area contributed by atoms with Crippen LogP contribution in [0.25, 0.3) is 0 Å². The van der Waals surface area contributed by atoms with E-state index in [0.29, 0.717) is 19.0 Å². The summed E-state index contributed by atoms with van der Waals surface area (Å²) in [6.45, 7) is 1.43. The average molecular weight is 463 g/mol. The van der Waals surface area contributed by atoms with E-state index in [2.05, 4.69) is 23.6 Å². The van der Waals surface area contributed by atoms with Gasteiger partial charge in [0.15, 0.2) is 0 Å². The molecule has 0 radical (unpaired) electrons. The monoisotopic (exact) mass is 462 g/mol. The number of benzene rings is 1. The third-order valence-electron chi connectivity index (χ3n) is 8.54. The lowest BCUT2D eigenvalue weighted by molar-refractivity contribution is -0.161. The van der Waals surface area contributed by atoms with Gasteiger partial charge in [-0.2, -0.15) is 0 Å². The number of carbonyl (C=O) groups is 2. The van der Waals surface area contributed by atoms with Crippen molar-refractivity contribution >= 4 is 23.2 Å². The molecule has 1 aromatic heterocycles. The van der Waals surface area contributed by atoms with Crippen LogP contribution in [-0.2, 0) is 22.7 Å². The average Bonchev–Trinajstić information content (AvgIpc) is 3.52. The molecule has 0 aliphatic heterocycles. The molecule has 5 saturated carbocycles. The van der Waals surface area contributed by atoms with Crippen molar-refractivity contribution in [3.63, 3.8) is 0 Å². The Labute approximate surface area is 201 Å². The molecule has 33 heavy (non-hydrogen) atoms. The van der Waals surface area contributed by atoms with Crippen LogP contribution in [0.4, 0.5) is 0 Å². The molecule has 0 atom stereocenters. The summed E-state index contributed by atoms with van der Waals surface area (Å²) in [6, 6.07) is 14.6. The second kappa shape index (κ2) is 8.57. The topological polar surface area (TPSA) is 40.6 Å². The molecule has 2 amide bonds. The Hall–Kier alpha value is -2.14. The third-order valence-corrected chi connectivity index (χ3v) is 9.40. The number of hydrogen-bond acceptors (Lipinski definition) is 3. The Morgan fingerprint density at radius 1 is 0.879 bits per heavy atom. The molecular formula is C28H34N2O2S. The minimum atomic E-state index is -0.171. The van der Waals surface area contributed by atoms with Crippen molar-refractivity contribution in [2.75, 3.05) is 6.54 Å². The molecule has 5 heteroatoms. The van der Waals surface area contributed by atoms with Crippen molar-refractivity contribution in [1.82, 2.24) is 9.80 Å². The predicted molar refractivity (Wildman–Crippen MR) is 130 cm³/mol. The molecule has 7 rings (SSSR count). The zero-order chi connectivity index (χ0) is 22.4. The molecule has 5 aliphatic carbocycles. The largest absolute Gasteiger partial charge is 0.332 e. The van der Waals surface area contributed by atoms with Crippen LogP contribution in [0.1, 0.15) is 61.8 Å². The maximum absolute atomic E-state index is 14.1. The first kappa shape index (κ1) is 21.4. The fourth-order valence-corrected chi connectivity index (χ4v) is 8.02. The van der Waals surface area contributed by atoms with Gasteiger partial charge in [0.2, 0.25) is 11.8 Å². The Morgan fingerprint density at radius 2 is 1.55 bits per heavy atom. The van der Waals surface area contributed by atoms with Crippen LogP contribution >= 0.6 is 11.3 Å². The maximum Gasteiger partial charge on any atom is 0.242 e. The quantitative estimate of drug-likeness (QED) is 0.521. The van der Waals surface area contributed by atoms with E-state index in [-0.39, 0.29) is 23.9 Å². The lowest BCUT2D eigenvalue weighted by Crippen LogP contribution is -2.56. The fourth-order valence-electron chi connectivity index (χ4n) is 7.30. The highest BCUT2D eigenvalue weighted by Crippen LogP contribution is 2.61. The van der Waals surface area contributed by atoms with Crippen LogP contribution in [-0.4, -0.2) is 34.2 Å². The first-order valence-electron chi connectivity index (χ1n) is 12.7. The van der Waals surface area contributed by atoms with Gasteiger partial charge in [-0.25, -0.2) is 0 Å². The van der Waals surface area contributed by atoms with Crippen LogP contribution in [0, 0.1) is 23.2 Å². The van der Waals surface area contributed by atoms with Crippen molar-refractivity contribution in [2.45, 2.75) is 70.5 Å². The first-order valence-corrected chi connectivity index (χ1v) is 13.6. The predicted octanol–water partition coefficient (Wildman–Crippen LogP) is 5.48. The summed E-state index contributed by atoms with van der Waals surface area (Å²) in [4.78, 5) is 32.9. The number of carbonyl (C=O) groups excluding carboxylic acids is 2. The summed E-state index contributed by atoms with van der Waals surface area (Å²) in [7, 11) is 0. The van der Waals surface area contributed by atoms with Crippen LogP contribution < -0.4 is 0 Å². The van der Waals surface area contributed by atoms with Gasteiger partial charge in [0, 0.05) is 17.5 Å². The Balaban J connectivity index is 1.21. The van der Waals surface area contributed by atoms with Crippen molar-refractivity contribution < 1.29 is 9.59 Å². The molecule has 5 fully saturated rings. The van der Waals surface area contributed by atoms with Crippen LogP contribution in [0.3, 0.4) is 0 Å². The van der Waals surface area contributed by atoms with Gasteiger partial charge in [-0.3, -0.25) is 9.59 Å². The SMILES string of the molecule is O=C(CN(C(=O)C12CC3CC(CC(C3)C1)C2)C1CC1)N(Cc1ccccc1)Cc1cccs1. The Bertz CT molecular complexity index is 963. The standard InChI is InChI=1S/C28H34N2O2S/c31-26(29(18-25-7-4-10-33-25)17-20-5-2-1-3-6-20)19-30(24-8-9-24)27(32)28-14-21-11-22(15-28)13-23(12-21)16-28/h1-7,10,21-24H,8-9,11-19H2. The Morgan fingerprint density at radius 3 is 2.12 bits per heavy atom. The summed E-state index contributed by atoms with van der Waals surface area (Å²) in [6.07, 6.45) is 9.31. The molecule has 1 aromatic carbocycles. The van der Waals surface area contributed by atoms with Gasteiger partial charge in [-0.05, 0) is 86.1 Å². The zero-order valence-electron chi connectivity index (χ0n) is 19.3. The zero-order valence-corrected chi connectivity index (χ0v) is 20.1. The van der Waals surface area contributed by atoms with Crippen molar-refractivity contribution in [2.24, 2.45) is 23.2 Å². The fraction of sp³-hybridized carbons (Fsp3) is 0.571. The molecule has 0 unspecified atom stereocenters. The highest BCUT2D eigenvalue weighted by Gasteiger charge is 2.56. The van der Waals surface area contributed by atoms with Gasteiger partial charge in [0.25, 0.3) is 0 Å². The van der Waals surface area contributed by atoms with Crippen LogP contribution in [0.15, 0.2) is 47.8 Å². The van der Waals surface area contributed by atoms with Crippen LogP contribution in [0.2, 0.25) is 0 Å². The molecule has 0 N–H and O–H groups in total. The molecule has 5 aliphatic rings. The summed E-state index contributed by atoms with van der Waals surface area (Å²) >= 11 is 1.69. The van der Waals surface area contributed by atoms with Crippen molar-refractivity contribution in [1.29, 1.82) is 0 Å². The molecular weight excluding hydrogens is 428 g/mol. The van der Waals surface area contributed by atoms with Crippen molar-refractivity contribution in [3.05, 3.63) is 58.3 Å². The molecule has 4 bridgehead atoms. The van der Waals surface area contributed by atoms with Gasteiger partial charge >= 0.3 is 0 Å². The molecule has 2 aromatic rings. The van der Waals surface area contributed by atoms with E-state index in [1.807, 2.05) is 34.1 Å². The summed E-state index contributed by atoms with van der Waals surface area (Å²) in [5, 5.41) is 2.06. The molecule has 1 heterocycles. The van der Waals surface area contributed by atoms with Gasteiger partial charge in [0.05, 0.1) is 12.0 Å². The number of rotatable bonds is 8. The molecule has 4 nitrogen and oxygen atoms in total. The number of amides is 2. The van der Waals surface area contributed by atoms with E-state index in [1.165, 1.54) is 24.1 Å². The second-order valence-electron chi connectivity index (χ2n) is 11.2. The summed E-state index contributed by atoms with van der Waals surface area (Å²) < 4.78 is 0. The van der Waals surface area contributed by atoms with E-state index in [4.69, 9.17) is 0 Å². The highest BCUT2D eigenvalue weighted by atomic mass is 32.1. The van der Waals surface area contributed by atoms with E-state index < -0.39 is 0 Å². The van der Waals surface area contributed by atoms with Gasteiger partial charge in [-0.15, -0.1) is 11.3 Å². The highest BCUT2D eigenvalue weighted by molar-refractivity contribution is 7.09. The smallest absolute Gasteiger partial charge is 0.242 e. The van der Waals surface area contributed by atoms with E-state index in [0.717, 1.165) is 55.4 Å². The number of nitrogens with zero attached hydrogens (tertiary/aromatic N) is 2. The van der Waals surface area contributed by atoms with Gasteiger partial charge in [-0.1, -0.05) is 36.4 Å². The third kappa shape index (κ3) is 4.37. The second-order valence-corrected chi connectivity index (χ2v) is 12.2. The normalized spacial score (nSPS) is 29.8. The van der Waals surface area contributed by atoms with E-state index in [1.54, 1.807) is 11.3 Å². The molecule has 0 spiro atoms. The lowest BCUT2D eigenvalue weighted by atomic mass is 9.49. The number of thiophene rings is 1.